The Morgan fingerprint density at radius 1 is 0.875 bits per heavy atom. The number of fused-ring (bicyclic) bond motifs is 3. The summed E-state index contributed by atoms with van der Waals surface area (Å²) in [6.45, 7) is 0. The van der Waals surface area contributed by atoms with Crippen LogP contribution < -0.4 is 5.32 Å². The molecule has 3 aromatic rings. The van der Waals surface area contributed by atoms with Crippen molar-refractivity contribution >= 4 is 17.2 Å². The zero-order valence-corrected chi connectivity index (χ0v) is 11.9. The predicted molar refractivity (Wildman–Crippen MR) is 80.1 cm³/mol. The van der Waals surface area contributed by atoms with Crippen molar-refractivity contribution in [3.63, 3.8) is 0 Å². The van der Waals surface area contributed by atoms with E-state index in [1.165, 1.54) is 24.4 Å². The van der Waals surface area contributed by atoms with E-state index in [1.807, 2.05) is 0 Å². The van der Waals surface area contributed by atoms with Gasteiger partial charge < -0.3 is 5.32 Å². The van der Waals surface area contributed by atoms with Gasteiger partial charge in [-0.25, -0.2) is 22.6 Å². The molecule has 0 radical (unpaired) electrons. The van der Waals surface area contributed by atoms with Crippen molar-refractivity contribution in [3.05, 3.63) is 65.4 Å². The second-order valence-electron chi connectivity index (χ2n) is 5.15. The van der Waals surface area contributed by atoms with E-state index in [0.29, 0.717) is 29.1 Å². The fraction of sp³-hybridized carbons (Fsp3) is 0. The molecule has 4 nitrogen and oxygen atoms in total. The third-order valence-electron chi connectivity index (χ3n) is 3.60. The average molecular weight is 332 g/mol. The molecule has 1 aromatic heterocycles. The van der Waals surface area contributed by atoms with Gasteiger partial charge in [0, 0.05) is 17.7 Å². The Morgan fingerprint density at radius 3 is 2.38 bits per heavy atom. The van der Waals surface area contributed by atoms with Crippen molar-refractivity contribution in [2.45, 2.75) is 0 Å². The first-order chi connectivity index (χ1) is 11.5. The van der Waals surface area contributed by atoms with Gasteiger partial charge in [0.25, 0.3) is 0 Å². The number of aromatic amines is 1. The number of aromatic nitrogens is 2. The van der Waals surface area contributed by atoms with Gasteiger partial charge >= 0.3 is 0 Å². The highest BCUT2D eigenvalue weighted by Crippen LogP contribution is 2.37. The van der Waals surface area contributed by atoms with Crippen LogP contribution in [0.5, 0.6) is 0 Å². The lowest BCUT2D eigenvalue weighted by atomic mass is 10.1. The number of nitrogens with one attached hydrogen (secondary N) is 2. The van der Waals surface area contributed by atoms with E-state index in [1.54, 1.807) is 0 Å². The van der Waals surface area contributed by atoms with E-state index in [2.05, 4.69) is 20.5 Å². The molecule has 0 amide bonds. The molecule has 0 spiro atoms. The van der Waals surface area contributed by atoms with Gasteiger partial charge in [0.15, 0.2) is 0 Å². The number of rotatable bonds is 1. The Morgan fingerprint density at radius 2 is 1.62 bits per heavy atom. The molecule has 0 saturated carbocycles. The Balaban J connectivity index is 1.98. The predicted octanol–water partition coefficient (Wildman–Crippen LogP) is 4.14. The van der Waals surface area contributed by atoms with Crippen LogP contribution in [0.2, 0.25) is 0 Å². The van der Waals surface area contributed by atoms with E-state index in [-0.39, 0.29) is 11.5 Å². The molecule has 1 aliphatic heterocycles. The summed E-state index contributed by atoms with van der Waals surface area (Å²) in [5, 5.41) is 9.29. The molecule has 0 unspecified atom stereocenters. The fourth-order valence-electron chi connectivity index (χ4n) is 2.56. The van der Waals surface area contributed by atoms with Crippen molar-refractivity contribution in [2.75, 3.05) is 5.32 Å². The molecule has 0 bridgehead atoms. The first-order valence-corrected chi connectivity index (χ1v) is 6.87. The van der Waals surface area contributed by atoms with Crippen LogP contribution in [0.1, 0.15) is 5.56 Å². The average Bonchev–Trinajstić information content (AvgIpc) is 2.90. The smallest absolute Gasteiger partial charge is 0.144 e. The number of hydrogen-bond donors (Lipinski definition) is 2. The number of benzene rings is 2. The van der Waals surface area contributed by atoms with Crippen LogP contribution in [0, 0.1) is 23.3 Å². The molecule has 0 saturated heterocycles. The first-order valence-electron chi connectivity index (χ1n) is 6.87. The Labute approximate surface area is 132 Å². The highest BCUT2D eigenvalue weighted by Gasteiger charge is 2.23. The van der Waals surface area contributed by atoms with Crippen LogP contribution in [0.15, 0.2) is 41.5 Å². The van der Waals surface area contributed by atoms with Crippen molar-refractivity contribution in [1.82, 2.24) is 10.2 Å². The molecule has 2 heterocycles. The summed E-state index contributed by atoms with van der Waals surface area (Å²) in [6.07, 6.45) is 1.38. The molecule has 1 aliphatic rings. The van der Waals surface area contributed by atoms with Crippen LogP contribution in [0.4, 0.5) is 28.9 Å². The highest BCUT2D eigenvalue weighted by molar-refractivity contribution is 6.13. The van der Waals surface area contributed by atoms with Gasteiger partial charge in [0.1, 0.15) is 29.1 Å². The van der Waals surface area contributed by atoms with Gasteiger partial charge in [-0.15, -0.1) is 0 Å². The topological polar surface area (TPSA) is 53.1 Å². The number of hydrogen-bond acceptors (Lipinski definition) is 3. The minimum absolute atomic E-state index is 0.169. The van der Waals surface area contributed by atoms with Gasteiger partial charge in [-0.2, -0.15) is 5.10 Å². The molecule has 24 heavy (non-hydrogen) atoms. The summed E-state index contributed by atoms with van der Waals surface area (Å²) in [5.74, 6) is -3.90. The maximum atomic E-state index is 14.1. The summed E-state index contributed by atoms with van der Waals surface area (Å²) in [7, 11) is 0. The van der Waals surface area contributed by atoms with Crippen LogP contribution in [-0.4, -0.2) is 16.0 Å². The summed E-state index contributed by atoms with van der Waals surface area (Å²) in [6, 6.07) is 4.92. The van der Waals surface area contributed by atoms with Crippen LogP contribution >= 0.6 is 0 Å². The van der Waals surface area contributed by atoms with Gasteiger partial charge in [0.2, 0.25) is 0 Å². The van der Waals surface area contributed by atoms with Crippen molar-refractivity contribution in [1.29, 1.82) is 0 Å². The van der Waals surface area contributed by atoms with E-state index in [4.69, 9.17) is 0 Å². The zero-order chi connectivity index (χ0) is 16.8. The molecule has 0 atom stereocenters. The standard InChI is InChI=1S/C16H8F4N4/c17-7-1-2-12-9(3-7)15-13(6-21-24-15)23-16(22-12)14-10(19)4-8(18)5-11(14)20/h1-6H,(H,21,24)(H,22,23). The van der Waals surface area contributed by atoms with Crippen LogP contribution in [0.3, 0.4) is 0 Å². The molecule has 8 heteroatoms. The lowest BCUT2D eigenvalue weighted by Gasteiger charge is -2.09. The quantitative estimate of drug-likeness (QED) is 0.658. The number of aliphatic imine (C=N–C) groups is 1. The summed E-state index contributed by atoms with van der Waals surface area (Å²) < 4.78 is 54.9. The maximum absolute atomic E-state index is 14.1. The Hall–Kier alpha value is -3.16. The van der Waals surface area contributed by atoms with Gasteiger partial charge in [-0.05, 0) is 18.2 Å². The molecule has 4 rings (SSSR count). The minimum atomic E-state index is -1.10. The minimum Gasteiger partial charge on any atom is -0.336 e. The Bertz CT molecular complexity index is 970. The van der Waals surface area contributed by atoms with E-state index >= 15 is 0 Å². The molecular weight excluding hydrogens is 324 g/mol. The lowest BCUT2D eigenvalue weighted by molar-refractivity contribution is 0.540. The fourth-order valence-corrected chi connectivity index (χ4v) is 2.56. The lowest BCUT2D eigenvalue weighted by Crippen LogP contribution is -2.17. The van der Waals surface area contributed by atoms with Crippen LogP contribution in [0.25, 0.3) is 11.3 Å². The van der Waals surface area contributed by atoms with Gasteiger partial charge in [-0.1, -0.05) is 0 Å². The Kier molecular flexibility index (Phi) is 3.12. The van der Waals surface area contributed by atoms with E-state index < -0.39 is 28.8 Å². The van der Waals surface area contributed by atoms with Gasteiger partial charge in [-0.3, -0.25) is 5.10 Å². The van der Waals surface area contributed by atoms with Crippen molar-refractivity contribution in [3.8, 4) is 11.3 Å². The van der Waals surface area contributed by atoms with E-state index in [9.17, 15) is 17.6 Å². The molecule has 120 valence electrons. The number of halogens is 4. The number of nitrogens with zero attached hydrogens (tertiary/aromatic N) is 2. The molecule has 2 N–H and O–H groups in total. The highest BCUT2D eigenvalue weighted by atomic mass is 19.1. The monoisotopic (exact) mass is 332 g/mol. The second-order valence-corrected chi connectivity index (χ2v) is 5.15. The summed E-state index contributed by atoms with van der Waals surface area (Å²) in [5.41, 5.74) is 0.936. The number of H-pyrrole nitrogens is 1. The van der Waals surface area contributed by atoms with Crippen LogP contribution in [-0.2, 0) is 0 Å². The third-order valence-corrected chi connectivity index (χ3v) is 3.60. The van der Waals surface area contributed by atoms with Crippen molar-refractivity contribution in [2.24, 2.45) is 4.99 Å². The second kappa shape index (κ2) is 5.19. The first kappa shape index (κ1) is 14.4. The SMILES string of the molecule is Fc1cc(F)c(C2=Nc3ccc(F)cc3-c3[nH]ncc3N2)c(F)c1. The van der Waals surface area contributed by atoms with Gasteiger partial charge in [0.05, 0.1) is 28.8 Å². The zero-order valence-electron chi connectivity index (χ0n) is 11.9. The summed E-state index contributed by atoms with van der Waals surface area (Å²) in [4.78, 5) is 4.18. The van der Waals surface area contributed by atoms with Crippen molar-refractivity contribution < 1.29 is 17.6 Å². The van der Waals surface area contributed by atoms with E-state index in [0.717, 1.165) is 0 Å². The number of amidine groups is 1. The molecule has 0 fully saturated rings. The third kappa shape index (κ3) is 2.23. The molecular formula is C16H8F4N4. The molecule has 0 aliphatic carbocycles. The normalized spacial score (nSPS) is 12.8. The summed E-state index contributed by atoms with van der Waals surface area (Å²) >= 11 is 0. The molecule has 2 aromatic carbocycles. The maximum Gasteiger partial charge on any atom is 0.144 e. The largest absolute Gasteiger partial charge is 0.336 e. The number of anilines is 1.